The van der Waals surface area contributed by atoms with Gasteiger partial charge in [-0.15, -0.1) is 0 Å². The molecule has 1 aliphatic rings. The normalized spacial score (nSPS) is 17.9. The van der Waals surface area contributed by atoms with Gasteiger partial charge in [0.25, 0.3) is 0 Å². The van der Waals surface area contributed by atoms with E-state index in [-0.39, 0.29) is 0 Å². The van der Waals surface area contributed by atoms with E-state index in [1.807, 2.05) is 4.90 Å². The van der Waals surface area contributed by atoms with E-state index >= 15 is 0 Å². The predicted molar refractivity (Wildman–Crippen MR) is 59.2 cm³/mol. The van der Waals surface area contributed by atoms with E-state index in [4.69, 9.17) is 4.74 Å². The number of benzene rings is 1. The molecule has 18 heavy (non-hydrogen) atoms. The van der Waals surface area contributed by atoms with Crippen LogP contribution >= 0.6 is 0 Å². The van der Waals surface area contributed by atoms with E-state index in [1.165, 1.54) is 6.07 Å². The first-order valence-electron chi connectivity index (χ1n) is 5.66. The topological polar surface area (TPSA) is 32.7 Å². The van der Waals surface area contributed by atoms with Crippen LogP contribution in [0.25, 0.3) is 0 Å². The summed E-state index contributed by atoms with van der Waals surface area (Å²) in [5, 5.41) is 9.22. The molecule has 1 aromatic carbocycles. The van der Waals surface area contributed by atoms with E-state index in [9.17, 15) is 18.3 Å². The Labute approximate surface area is 103 Å². The van der Waals surface area contributed by atoms with Crippen LogP contribution in [0.2, 0.25) is 0 Å². The first kappa shape index (κ1) is 13.2. The van der Waals surface area contributed by atoms with Crippen molar-refractivity contribution in [1.29, 1.82) is 0 Å². The zero-order valence-electron chi connectivity index (χ0n) is 9.70. The molecular formula is C12H14F3NO2. The molecule has 100 valence electrons. The summed E-state index contributed by atoms with van der Waals surface area (Å²) in [6.45, 7) is 3.06. The molecular weight excluding hydrogens is 247 g/mol. The monoisotopic (exact) mass is 261 g/mol. The maximum absolute atomic E-state index is 12.6. The SMILES string of the molecule is Oc1ccc(CN2CCOCC2)cc1C(F)(F)F. The molecule has 0 bridgehead atoms. The Balaban J connectivity index is 2.14. The highest BCUT2D eigenvalue weighted by Gasteiger charge is 2.34. The van der Waals surface area contributed by atoms with Crippen molar-refractivity contribution < 1.29 is 23.0 Å². The van der Waals surface area contributed by atoms with E-state index in [0.717, 1.165) is 12.1 Å². The minimum Gasteiger partial charge on any atom is -0.507 e. The summed E-state index contributed by atoms with van der Waals surface area (Å²) < 4.78 is 43.0. The molecule has 0 aliphatic carbocycles. The predicted octanol–water partition coefficient (Wildman–Crippen LogP) is 2.24. The van der Waals surface area contributed by atoms with E-state index in [0.29, 0.717) is 38.4 Å². The van der Waals surface area contributed by atoms with Crippen LogP contribution in [0.5, 0.6) is 5.75 Å². The fraction of sp³-hybridized carbons (Fsp3) is 0.500. The maximum Gasteiger partial charge on any atom is 0.419 e. The van der Waals surface area contributed by atoms with Crippen LogP contribution in [0.1, 0.15) is 11.1 Å². The smallest absolute Gasteiger partial charge is 0.419 e. The molecule has 2 rings (SSSR count). The average molecular weight is 261 g/mol. The largest absolute Gasteiger partial charge is 0.507 e. The van der Waals surface area contributed by atoms with Gasteiger partial charge in [0.1, 0.15) is 5.75 Å². The Morgan fingerprint density at radius 1 is 1.22 bits per heavy atom. The second-order valence-electron chi connectivity index (χ2n) is 4.24. The van der Waals surface area contributed by atoms with Gasteiger partial charge >= 0.3 is 6.18 Å². The third kappa shape index (κ3) is 3.14. The highest BCUT2D eigenvalue weighted by Crippen LogP contribution is 2.36. The Morgan fingerprint density at radius 2 is 1.89 bits per heavy atom. The van der Waals surface area contributed by atoms with Crippen molar-refractivity contribution in [2.24, 2.45) is 0 Å². The lowest BCUT2D eigenvalue weighted by atomic mass is 10.1. The zero-order valence-corrected chi connectivity index (χ0v) is 9.70. The molecule has 1 fully saturated rings. The van der Waals surface area contributed by atoms with Crippen molar-refractivity contribution in [2.45, 2.75) is 12.7 Å². The Kier molecular flexibility index (Phi) is 3.77. The average Bonchev–Trinajstić information content (AvgIpc) is 2.31. The standard InChI is InChI=1S/C12H14F3NO2/c13-12(14,15)10-7-9(1-2-11(10)17)8-16-3-5-18-6-4-16/h1-2,7,17H,3-6,8H2. The molecule has 0 atom stereocenters. The van der Waals surface area contributed by atoms with Crippen LogP contribution < -0.4 is 0 Å². The van der Waals surface area contributed by atoms with Crippen LogP contribution in [0, 0.1) is 0 Å². The molecule has 0 amide bonds. The summed E-state index contributed by atoms with van der Waals surface area (Å²) in [7, 11) is 0. The number of rotatable bonds is 2. The second-order valence-corrected chi connectivity index (χ2v) is 4.24. The molecule has 1 N–H and O–H groups in total. The molecule has 0 spiro atoms. The van der Waals surface area contributed by atoms with Gasteiger partial charge in [-0.05, 0) is 17.7 Å². The van der Waals surface area contributed by atoms with Crippen molar-refractivity contribution in [1.82, 2.24) is 4.90 Å². The van der Waals surface area contributed by atoms with Crippen LogP contribution in [0.4, 0.5) is 13.2 Å². The molecule has 0 saturated carbocycles. The van der Waals surface area contributed by atoms with Gasteiger partial charge in [-0.25, -0.2) is 0 Å². The highest BCUT2D eigenvalue weighted by molar-refractivity contribution is 5.38. The van der Waals surface area contributed by atoms with Crippen LogP contribution in [0.3, 0.4) is 0 Å². The van der Waals surface area contributed by atoms with E-state index < -0.39 is 17.5 Å². The third-order valence-corrected chi connectivity index (χ3v) is 2.88. The summed E-state index contributed by atoms with van der Waals surface area (Å²) in [6, 6.07) is 3.61. The van der Waals surface area contributed by atoms with Crippen molar-refractivity contribution in [3.63, 3.8) is 0 Å². The minimum absolute atomic E-state index is 0.437. The van der Waals surface area contributed by atoms with Crippen LogP contribution in [-0.4, -0.2) is 36.3 Å². The summed E-state index contributed by atoms with van der Waals surface area (Å²) >= 11 is 0. The van der Waals surface area contributed by atoms with Crippen molar-refractivity contribution in [3.05, 3.63) is 29.3 Å². The molecule has 1 saturated heterocycles. The van der Waals surface area contributed by atoms with Gasteiger partial charge in [0.05, 0.1) is 18.8 Å². The zero-order chi connectivity index (χ0) is 13.2. The van der Waals surface area contributed by atoms with Gasteiger partial charge in [0.2, 0.25) is 0 Å². The number of hydrogen-bond donors (Lipinski definition) is 1. The van der Waals surface area contributed by atoms with Gasteiger partial charge < -0.3 is 9.84 Å². The number of hydrogen-bond acceptors (Lipinski definition) is 3. The maximum atomic E-state index is 12.6. The lowest BCUT2D eigenvalue weighted by Crippen LogP contribution is -2.35. The van der Waals surface area contributed by atoms with Crippen molar-refractivity contribution >= 4 is 0 Å². The Bertz CT molecular complexity index is 414. The summed E-state index contributed by atoms with van der Waals surface area (Å²) in [6.07, 6.45) is -4.52. The fourth-order valence-electron chi connectivity index (χ4n) is 1.93. The van der Waals surface area contributed by atoms with Crippen molar-refractivity contribution in [3.8, 4) is 5.75 Å². The molecule has 1 aromatic rings. The van der Waals surface area contributed by atoms with Gasteiger partial charge in [0, 0.05) is 19.6 Å². The van der Waals surface area contributed by atoms with Crippen molar-refractivity contribution in [2.75, 3.05) is 26.3 Å². The van der Waals surface area contributed by atoms with Gasteiger partial charge in [-0.3, -0.25) is 4.90 Å². The number of phenols is 1. The van der Waals surface area contributed by atoms with Crippen LogP contribution in [0.15, 0.2) is 18.2 Å². The highest BCUT2D eigenvalue weighted by atomic mass is 19.4. The van der Waals surface area contributed by atoms with E-state index in [1.54, 1.807) is 0 Å². The number of ether oxygens (including phenoxy) is 1. The lowest BCUT2D eigenvalue weighted by molar-refractivity contribution is -0.138. The Hall–Kier alpha value is -1.27. The van der Waals surface area contributed by atoms with Gasteiger partial charge in [0.15, 0.2) is 0 Å². The number of nitrogens with zero attached hydrogens (tertiary/aromatic N) is 1. The molecule has 1 aliphatic heterocycles. The molecule has 0 radical (unpaired) electrons. The summed E-state index contributed by atoms with van der Waals surface area (Å²) in [4.78, 5) is 2.02. The molecule has 0 aromatic heterocycles. The first-order valence-corrected chi connectivity index (χ1v) is 5.66. The molecule has 0 unspecified atom stereocenters. The number of phenolic OH excluding ortho intramolecular Hbond substituents is 1. The molecule has 1 heterocycles. The Morgan fingerprint density at radius 3 is 2.50 bits per heavy atom. The molecule has 3 nitrogen and oxygen atoms in total. The minimum atomic E-state index is -4.52. The lowest BCUT2D eigenvalue weighted by Gasteiger charge is -2.26. The first-order chi connectivity index (χ1) is 8.47. The fourth-order valence-corrected chi connectivity index (χ4v) is 1.93. The number of aromatic hydroxyl groups is 1. The quantitative estimate of drug-likeness (QED) is 0.886. The van der Waals surface area contributed by atoms with Crippen LogP contribution in [-0.2, 0) is 17.5 Å². The number of alkyl halides is 3. The number of morpholine rings is 1. The molecule has 6 heteroatoms. The third-order valence-electron chi connectivity index (χ3n) is 2.88. The number of halogens is 3. The second kappa shape index (κ2) is 5.16. The summed E-state index contributed by atoms with van der Waals surface area (Å²) in [5.41, 5.74) is -0.435. The van der Waals surface area contributed by atoms with E-state index in [2.05, 4.69) is 0 Å². The van der Waals surface area contributed by atoms with Gasteiger partial charge in [-0.1, -0.05) is 6.07 Å². The summed E-state index contributed by atoms with van der Waals surface area (Å²) in [5.74, 6) is -0.728. The van der Waals surface area contributed by atoms with Gasteiger partial charge in [-0.2, -0.15) is 13.2 Å².